The number of allylic oxidation sites excluding steroid dienone is 2. The van der Waals surface area contributed by atoms with Crippen LogP contribution in [0.15, 0.2) is 30.3 Å². The van der Waals surface area contributed by atoms with Gasteiger partial charge in [0.25, 0.3) is 0 Å². The van der Waals surface area contributed by atoms with E-state index in [9.17, 15) is 0 Å². The summed E-state index contributed by atoms with van der Waals surface area (Å²) in [5.74, 6) is 1.00. The Kier molecular flexibility index (Phi) is 5.14. The van der Waals surface area contributed by atoms with E-state index in [1.807, 2.05) is 0 Å². The van der Waals surface area contributed by atoms with Crippen molar-refractivity contribution in [3.05, 3.63) is 35.9 Å². The van der Waals surface area contributed by atoms with Gasteiger partial charge in [-0.2, -0.15) is 0 Å². The summed E-state index contributed by atoms with van der Waals surface area (Å²) in [4.78, 5) is 5.38. The highest BCUT2D eigenvalue weighted by Crippen LogP contribution is 2.48. The van der Waals surface area contributed by atoms with Crippen LogP contribution in [0.3, 0.4) is 0 Å². The van der Waals surface area contributed by atoms with Gasteiger partial charge >= 0.3 is 0 Å². The van der Waals surface area contributed by atoms with E-state index in [1.165, 1.54) is 76.1 Å². The third-order valence-corrected chi connectivity index (χ3v) is 6.56. The molecule has 2 nitrogen and oxygen atoms in total. The summed E-state index contributed by atoms with van der Waals surface area (Å²) in [6.45, 7) is 15.9. The lowest BCUT2D eigenvalue weighted by Crippen LogP contribution is -2.32. The van der Waals surface area contributed by atoms with Gasteiger partial charge in [-0.25, -0.2) is 0 Å². The first-order chi connectivity index (χ1) is 12.8. The van der Waals surface area contributed by atoms with E-state index in [-0.39, 0.29) is 5.41 Å². The van der Waals surface area contributed by atoms with E-state index in [4.69, 9.17) is 0 Å². The summed E-state index contributed by atoms with van der Waals surface area (Å²) < 4.78 is 0. The monoisotopic (exact) mass is 366 g/mol. The Morgan fingerprint density at radius 2 is 1.74 bits per heavy atom. The molecule has 4 rings (SSSR count). The molecule has 1 heterocycles. The van der Waals surface area contributed by atoms with Crippen molar-refractivity contribution >= 4 is 11.3 Å². The van der Waals surface area contributed by atoms with Crippen LogP contribution >= 0.6 is 0 Å². The molecule has 0 aromatic heterocycles. The van der Waals surface area contributed by atoms with E-state index in [0.29, 0.717) is 5.41 Å². The van der Waals surface area contributed by atoms with Crippen molar-refractivity contribution in [2.45, 2.75) is 59.8 Å². The lowest BCUT2D eigenvalue weighted by Gasteiger charge is -2.40. The van der Waals surface area contributed by atoms with Crippen molar-refractivity contribution in [2.75, 3.05) is 37.6 Å². The number of rotatable bonds is 4. The minimum atomic E-state index is 0.282. The zero-order valence-electron chi connectivity index (χ0n) is 17.9. The van der Waals surface area contributed by atoms with Crippen LogP contribution in [0.4, 0.5) is 5.69 Å². The maximum absolute atomic E-state index is 2.71. The van der Waals surface area contributed by atoms with Crippen molar-refractivity contribution in [2.24, 2.45) is 16.7 Å². The third kappa shape index (κ3) is 4.77. The molecule has 0 bridgehead atoms. The van der Waals surface area contributed by atoms with Crippen LogP contribution in [0.25, 0.3) is 5.57 Å². The fraction of sp³-hybridized carbons (Fsp3) is 0.680. The summed E-state index contributed by atoms with van der Waals surface area (Å²) in [5, 5.41) is 0. The molecule has 0 atom stereocenters. The van der Waals surface area contributed by atoms with Gasteiger partial charge in [-0.1, -0.05) is 52.0 Å². The molecular formula is C25H38N2. The Bertz CT molecular complexity index is 696. The van der Waals surface area contributed by atoms with E-state index in [2.05, 4.69) is 67.8 Å². The summed E-state index contributed by atoms with van der Waals surface area (Å²) in [6.07, 6.45) is 9.23. The Morgan fingerprint density at radius 3 is 2.48 bits per heavy atom. The minimum Gasteiger partial charge on any atom is -0.370 e. The number of nitrogens with zero attached hydrogens (tertiary/aromatic N) is 2. The molecule has 1 aliphatic heterocycles. The topological polar surface area (TPSA) is 6.48 Å². The van der Waals surface area contributed by atoms with Gasteiger partial charge in [-0.05, 0) is 67.0 Å². The molecule has 27 heavy (non-hydrogen) atoms. The quantitative estimate of drug-likeness (QED) is 0.660. The lowest BCUT2D eigenvalue weighted by atomic mass is 9.65. The van der Waals surface area contributed by atoms with Gasteiger partial charge in [-0.15, -0.1) is 0 Å². The van der Waals surface area contributed by atoms with Crippen LogP contribution in [0.1, 0.15) is 65.4 Å². The molecule has 0 unspecified atom stereocenters. The highest BCUT2D eigenvalue weighted by Gasteiger charge is 2.34. The van der Waals surface area contributed by atoms with E-state index in [0.717, 1.165) is 5.92 Å². The Balaban J connectivity index is 1.57. The predicted octanol–water partition coefficient (Wildman–Crippen LogP) is 5.84. The third-order valence-electron chi connectivity index (χ3n) is 6.56. The molecule has 0 radical (unpaired) electrons. The second-order valence-electron chi connectivity index (χ2n) is 10.8. The summed E-state index contributed by atoms with van der Waals surface area (Å²) in [6, 6.07) is 9.18. The smallest absolute Gasteiger partial charge is 0.0442 e. The van der Waals surface area contributed by atoms with Crippen molar-refractivity contribution in [1.82, 2.24) is 4.90 Å². The normalized spacial score (nSPS) is 25.8. The summed E-state index contributed by atoms with van der Waals surface area (Å²) in [5.41, 5.74) is 5.16. The van der Waals surface area contributed by atoms with Gasteiger partial charge in [0.15, 0.2) is 0 Å². The van der Waals surface area contributed by atoms with Crippen molar-refractivity contribution in [3.63, 3.8) is 0 Å². The maximum atomic E-state index is 2.71. The first-order valence-electron chi connectivity index (χ1n) is 11.1. The molecule has 2 fully saturated rings. The zero-order valence-corrected chi connectivity index (χ0v) is 17.9. The number of anilines is 1. The second kappa shape index (κ2) is 7.28. The number of hydrogen-bond acceptors (Lipinski definition) is 2. The first-order valence-corrected chi connectivity index (χ1v) is 11.1. The number of benzene rings is 1. The standard InChI is InChI=1S/C25H38N2/c1-24(2)16-21(17-25(3,4)19-24)22-8-5-6-9-23(22)27-13-7-12-26(14-15-27)18-20-10-11-20/h5-6,8-9,16,20H,7,10-15,17-19H2,1-4H3. The van der Waals surface area contributed by atoms with Crippen molar-refractivity contribution < 1.29 is 0 Å². The van der Waals surface area contributed by atoms with Crippen LogP contribution in [0.5, 0.6) is 0 Å². The van der Waals surface area contributed by atoms with Gasteiger partial charge in [-0.3, -0.25) is 0 Å². The molecule has 2 heteroatoms. The fourth-order valence-corrected chi connectivity index (χ4v) is 5.64. The zero-order chi connectivity index (χ0) is 19.1. The van der Waals surface area contributed by atoms with Crippen LogP contribution < -0.4 is 4.90 Å². The highest BCUT2D eigenvalue weighted by molar-refractivity contribution is 5.78. The highest BCUT2D eigenvalue weighted by atomic mass is 15.2. The molecule has 2 aliphatic carbocycles. The molecule has 0 spiro atoms. The van der Waals surface area contributed by atoms with Crippen LogP contribution in [-0.2, 0) is 0 Å². The van der Waals surface area contributed by atoms with Crippen molar-refractivity contribution in [1.29, 1.82) is 0 Å². The van der Waals surface area contributed by atoms with E-state index < -0.39 is 0 Å². The molecule has 1 saturated carbocycles. The van der Waals surface area contributed by atoms with Gasteiger partial charge in [0.1, 0.15) is 0 Å². The van der Waals surface area contributed by atoms with Gasteiger partial charge in [0.05, 0.1) is 0 Å². The molecular weight excluding hydrogens is 328 g/mol. The Labute approximate surface area is 166 Å². The maximum Gasteiger partial charge on any atom is 0.0442 e. The van der Waals surface area contributed by atoms with Gasteiger partial charge < -0.3 is 9.80 Å². The van der Waals surface area contributed by atoms with Gasteiger partial charge in [0.2, 0.25) is 0 Å². The van der Waals surface area contributed by atoms with E-state index >= 15 is 0 Å². The fourth-order valence-electron chi connectivity index (χ4n) is 5.64. The number of para-hydroxylation sites is 1. The number of hydrogen-bond donors (Lipinski definition) is 0. The SMILES string of the molecule is CC1(C)C=C(c2ccccc2N2CCCN(CC3CC3)CC2)CC(C)(C)C1. The first kappa shape index (κ1) is 19.1. The lowest BCUT2D eigenvalue weighted by molar-refractivity contribution is 0.229. The van der Waals surface area contributed by atoms with Crippen LogP contribution in [0, 0.1) is 16.7 Å². The summed E-state index contributed by atoms with van der Waals surface area (Å²) >= 11 is 0. The largest absolute Gasteiger partial charge is 0.370 e. The molecule has 3 aliphatic rings. The Hall–Kier alpha value is -1.28. The summed E-state index contributed by atoms with van der Waals surface area (Å²) in [7, 11) is 0. The molecule has 148 valence electrons. The molecule has 1 aromatic rings. The van der Waals surface area contributed by atoms with Crippen LogP contribution in [-0.4, -0.2) is 37.6 Å². The predicted molar refractivity (Wildman–Crippen MR) is 117 cm³/mol. The molecule has 0 N–H and O–H groups in total. The molecule has 1 saturated heterocycles. The van der Waals surface area contributed by atoms with E-state index in [1.54, 1.807) is 5.57 Å². The van der Waals surface area contributed by atoms with Gasteiger partial charge in [0, 0.05) is 37.4 Å². The molecule has 0 amide bonds. The average molecular weight is 367 g/mol. The molecule has 1 aromatic carbocycles. The van der Waals surface area contributed by atoms with Crippen molar-refractivity contribution in [3.8, 4) is 0 Å². The van der Waals surface area contributed by atoms with Crippen LogP contribution in [0.2, 0.25) is 0 Å². The average Bonchev–Trinajstić information content (AvgIpc) is 3.40. The minimum absolute atomic E-state index is 0.282. The second-order valence-corrected chi connectivity index (χ2v) is 10.8. The Morgan fingerprint density at radius 1 is 0.963 bits per heavy atom.